The molecule has 0 spiro atoms. The number of ether oxygens (including phenoxy) is 2. The zero-order chi connectivity index (χ0) is 38.1. The summed E-state index contributed by atoms with van der Waals surface area (Å²) in [5, 5.41) is 1.64. The number of aromatic nitrogens is 3. The highest BCUT2D eigenvalue weighted by Crippen LogP contribution is 2.42. The number of halogens is 3. The fourth-order valence-electron chi connectivity index (χ4n) is 8.37. The van der Waals surface area contributed by atoms with E-state index in [1.807, 2.05) is 40.7 Å². The summed E-state index contributed by atoms with van der Waals surface area (Å²) in [7, 11) is 0.500. The molecule has 0 bridgehead atoms. The number of benzene rings is 2. The van der Waals surface area contributed by atoms with Gasteiger partial charge in [0.2, 0.25) is 0 Å². The van der Waals surface area contributed by atoms with Crippen molar-refractivity contribution in [2.45, 2.75) is 90.3 Å². The standard InChI is InChI=1S/C38H40F2N6O3.C2H6.CH3F/c1-5-25-27(39)13-11-23-9-6-10-26(29(23)25)32-31(40)33-30-28(41-32)14-12-24-21-44(36(47)49-37(2,3)4)19-20-46(24)34(30)43-35(42-33)48-22-38-15-7-17-45(38)18-8-16-38;2*1-2/h1,6,9-11,13,24H,7-8,12,14-22H2,2-4H3;1-2H3;1H3. The van der Waals surface area contributed by atoms with Crippen molar-refractivity contribution < 1.29 is 27.4 Å². The first-order valence-electron chi connectivity index (χ1n) is 18.6. The molecule has 12 heteroatoms. The van der Waals surface area contributed by atoms with Gasteiger partial charge in [0.1, 0.15) is 35.1 Å². The Morgan fingerprint density at radius 2 is 1.74 bits per heavy atom. The van der Waals surface area contributed by atoms with Crippen molar-refractivity contribution in [2.24, 2.45) is 0 Å². The van der Waals surface area contributed by atoms with E-state index in [0.717, 1.165) is 38.8 Å². The lowest BCUT2D eigenvalue weighted by Crippen LogP contribution is -2.55. The molecule has 4 aliphatic rings. The molecule has 6 heterocycles. The highest BCUT2D eigenvalue weighted by molar-refractivity contribution is 6.02. The van der Waals surface area contributed by atoms with Crippen LogP contribution in [0.1, 0.15) is 78.0 Å². The zero-order valence-corrected chi connectivity index (χ0v) is 31.6. The number of anilines is 1. The number of terminal acetylenes is 1. The summed E-state index contributed by atoms with van der Waals surface area (Å²) < 4.78 is 53.7. The maximum absolute atomic E-state index is 17.1. The van der Waals surface area contributed by atoms with E-state index >= 15 is 4.39 Å². The number of aryl methyl sites for hydroxylation is 1. The number of hydrogen-bond donors (Lipinski definition) is 0. The molecule has 53 heavy (non-hydrogen) atoms. The van der Waals surface area contributed by atoms with Crippen LogP contribution in [0.4, 0.5) is 23.8 Å². The summed E-state index contributed by atoms with van der Waals surface area (Å²) in [4.78, 5) is 34.1. The average Bonchev–Trinajstić information content (AvgIpc) is 3.71. The maximum atomic E-state index is 17.1. The van der Waals surface area contributed by atoms with E-state index in [1.165, 1.54) is 6.07 Å². The molecule has 3 fully saturated rings. The molecule has 282 valence electrons. The van der Waals surface area contributed by atoms with Crippen LogP contribution in [0.5, 0.6) is 6.01 Å². The van der Waals surface area contributed by atoms with Crippen LogP contribution in [0, 0.1) is 24.0 Å². The molecule has 8 rings (SSSR count). The predicted octanol–water partition coefficient (Wildman–Crippen LogP) is 8.10. The quantitative estimate of drug-likeness (QED) is 0.195. The Labute approximate surface area is 309 Å². The molecule has 4 aromatic rings. The van der Waals surface area contributed by atoms with Gasteiger partial charge in [0, 0.05) is 36.6 Å². The monoisotopic (exact) mass is 730 g/mol. The van der Waals surface area contributed by atoms with Crippen molar-refractivity contribution in [3.63, 3.8) is 0 Å². The number of amides is 1. The van der Waals surface area contributed by atoms with Crippen LogP contribution >= 0.6 is 0 Å². The number of carbonyl (C=O) groups is 1. The highest BCUT2D eigenvalue weighted by atomic mass is 19.1. The van der Waals surface area contributed by atoms with E-state index < -0.39 is 17.2 Å². The third-order valence-electron chi connectivity index (χ3n) is 10.6. The van der Waals surface area contributed by atoms with Gasteiger partial charge in [0.05, 0.1) is 29.4 Å². The van der Waals surface area contributed by atoms with E-state index in [1.54, 1.807) is 23.1 Å². The lowest BCUT2D eigenvalue weighted by Gasteiger charge is -2.41. The van der Waals surface area contributed by atoms with Gasteiger partial charge in [-0.3, -0.25) is 9.29 Å². The molecule has 0 radical (unpaired) electrons. The molecule has 3 saturated heterocycles. The second-order valence-corrected chi connectivity index (χ2v) is 14.8. The number of pyridine rings is 1. The Kier molecular flexibility index (Phi) is 11.1. The van der Waals surface area contributed by atoms with Gasteiger partial charge in [-0.2, -0.15) is 9.97 Å². The Morgan fingerprint density at radius 1 is 1.00 bits per heavy atom. The van der Waals surface area contributed by atoms with Crippen molar-refractivity contribution in [3.05, 3.63) is 53.2 Å². The van der Waals surface area contributed by atoms with E-state index in [4.69, 9.17) is 30.8 Å². The number of carbonyl (C=O) groups excluding carboxylic acids is 1. The number of alkyl halides is 1. The van der Waals surface area contributed by atoms with Crippen LogP contribution in [-0.4, -0.2) is 94.5 Å². The number of hydrogen-bond acceptors (Lipinski definition) is 8. The molecule has 2 aromatic heterocycles. The van der Waals surface area contributed by atoms with Gasteiger partial charge in [0.25, 0.3) is 0 Å². The third-order valence-corrected chi connectivity index (χ3v) is 10.6. The Hall–Kier alpha value is -4.63. The molecule has 0 N–H and O–H groups in total. The van der Waals surface area contributed by atoms with Crippen LogP contribution in [0.2, 0.25) is 0 Å². The normalized spacial score (nSPS) is 18.9. The van der Waals surface area contributed by atoms with E-state index in [2.05, 4.69) is 15.7 Å². The van der Waals surface area contributed by atoms with Crippen molar-refractivity contribution >= 4 is 33.6 Å². The Bertz CT molecular complexity index is 2030. The van der Waals surface area contributed by atoms with Gasteiger partial charge < -0.3 is 19.3 Å². The molecule has 0 aliphatic carbocycles. The van der Waals surface area contributed by atoms with Crippen LogP contribution < -0.4 is 9.64 Å². The summed E-state index contributed by atoms with van der Waals surface area (Å²) in [5.41, 5.74) is 0.582. The topological polar surface area (TPSA) is 83.9 Å². The summed E-state index contributed by atoms with van der Waals surface area (Å²) in [5.74, 6) is 1.83. The molecular formula is C41H49F3N6O3. The number of nitrogens with zero attached hydrogens (tertiary/aromatic N) is 6. The largest absolute Gasteiger partial charge is 0.461 e. The molecule has 9 nitrogen and oxygen atoms in total. The predicted molar refractivity (Wildman–Crippen MR) is 202 cm³/mol. The summed E-state index contributed by atoms with van der Waals surface area (Å²) >= 11 is 0. The second kappa shape index (κ2) is 15.4. The van der Waals surface area contributed by atoms with Crippen molar-refractivity contribution in [3.8, 4) is 29.6 Å². The van der Waals surface area contributed by atoms with Crippen LogP contribution in [-0.2, 0) is 11.2 Å². The maximum Gasteiger partial charge on any atom is 0.410 e. The SMILES string of the molecule is C#Cc1c(F)ccc2cccc(-c3nc4c5c(nc(OCC67CCCN6CCC7)nc5c3F)N3CCN(C(=O)OC(C)(C)C)CC3CC4)c12.CC.CF. The number of piperazine rings is 1. The van der Waals surface area contributed by atoms with Crippen LogP contribution in [0.3, 0.4) is 0 Å². The minimum Gasteiger partial charge on any atom is -0.461 e. The fourth-order valence-corrected chi connectivity index (χ4v) is 8.37. The first-order chi connectivity index (χ1) is 25.5. The molecule has 1 atom stereocenters. The van der Waals surface area contributed by atoms with E-state index in [9.17, 15) is 13.6 Å². The average molecular weight is 731 g/mol. The molecule has 1 amide bonds. The first kappa shape index (κ1) is 38.1. The summed E-state index contributed by atoms with van der Waals surface area (Å²) in [6.45, 7) is 13.4. The number of rotatable bonds is 4. The van der Waals surface area contributed by atoms with Crippen LogP contribution in [0.15, 0.2) is 30.3 Å². The molecule has 1 unspecified atom stereocenters. The smallest absolute Gasteiger partial charge is 0.410 e. The summed E-state index contributed by atoms with van der Waals surface area (Å²) in [6.07, 6.45) is 10.9. The Balaban J connectivity index is 0.00000116. The van der Waals surface area contributed by atoms with E-state index in [-0.39, 0.29) is 40.5 Å². The first-order valence-corrected chi connectivity index (χ1v) is 18.6. The third kappa shape index (κ3) is 7.08. The number of fused-ring (bicyclic) bond motifs is 4. The van der Waals surface area contributed by atoms with Gasteiger partial charge in [-0.15, -0.1) is 6.42 Å². The summed E-state index contributed by atoms with van der Waals surface area (Å²) in [6, 6.07) is 8.29. The van der Waals surface area contributed by atoms with Crippen molar-refractivity contribution in [1.29, 1.82) is 0 Å². The molecule has 4 aliphatic heterocycles. The molecule has 0 saturated carbocycles. The van der Waals surface area contributed by atoms with Gasteiger partial charge in [-0.05, 0) is 83.8 Å². The fraction of sp³-hybridized carbons (Fsp3) is 0.512. The highest BCUT2D eigenvalue weighted by Gasteiger charge is 2.45. The molecular weight excluding hydrogens is 681 g/mol. The lowest BCUT2D eigenvalue weighted by molar-refractivity contribution is 0.0212. The minimum absolute atomic E-state index is 0.0532. The van der Waals surface area contributed by atoms with Crippen molar-refractivity contribution in [2.75, 3.05) is 51.4 Å². The zero-order valence-electron chi connectivity index (χ0n) is 31.6. The van der Waals surface area contributed by atoms with Gasteiger partial charge in [-0.1, -0.05) is 44.0 Å². The van der Waals surface area contributed by atoms with Crippen LogP contribution in [0.25, 0.3) is 32.9 Å². The van der Waals surface area contributed by atoms with E-state index in [0.29, 0.717) is 79.5 Å². The van der Waals surface area contributed by atoms with Crippen molar-refractivity contribution in [1.82, 2.24) is 24.8 Å². The second-order valence-electron chi connectivity index (χ2n) is 14.8. The van der Waals surface area contributed by atoms with Gasteiger partial charge in [-0.25, -0.2) is 18.6 Å². The Morgan fingerprint density at radius 3 is 2.43 bits per heavy atom. The molecule has 2 aromatic carbocycles. The van der Waals surface area contributed by atoms with Gasteiger partial charge >= 0.3 is 12.1 Å². The van der Waals surface area contributed by atoms with Gasteiger partial charge in [0.15, 0.2) is 5.82 Å². The minimum atomic E-state index is -0.639. The lowest BCUT2D eigenvalue weighted by atomic mass is 9.95.